The van der Waals surface area contributed by atoms with Gasteiger partial charge in [-0.25, -0.2) is 4.39 Å². The third-order valence-corrected chi connectivity index (χ3v) is 2.19. The molecule has 98 valence electrons. The number of rotatable bonds is 5. The molecule has 0 aromatic heterocycles. The highest BCUT2D eigenvalue weighted by Crippen LogP contribution is 2.18. The SMILES string of the molecule is COc1ccc(F)cc1C(=O)NCCNC(C)=O. The first-order valence-electron chi connectivity index (χ1n) is 5.40. The number of amides is 2. The fraction of sp³-hybridized carbons (Fsp3) is 0.333. The summed E-state index contributed by atoms with van der Waals surface area (Å²) < 4.78 is 18.0. The van der Waals surface area contributed by atoms with Crippen molar-refractivity contribution in [2.75, 3.05) is 20.2 Å². The fourth-order valence-electron chi connectivity index (χ4n) is 1.37. The third-order valence-electron chi connectivity index (χ3n) is 2.19. The molecular formula is C12H15FN2O3. The molecule has 0 saturated carbocycles. The van der Waals surface area contributed by atoms with E-state index in [0.717, 1.165) is 6.07 Å². The van der Waals surface area contributed by atoms with Gasteiger partial charge in [-0.3, -0.25) is 9.59 Å². The molecule has 1 aromatic carbocycles. The number of nitrogens with one attached hydrogen (secondary N) is 2. The third kappa shape index (κ3) is 4.04. The molecule has 6 heteroatoms. The standard InChI is InChI=1S/C12H15FN2O3/c1-8(16)14-5-6-15-12(17)10-7-9(13)3-4-11(10)18-2/h3-4,7H,5-6H2,1-2H3,(H,14,16)(H,15,17). The van der Waals surface area contributed by atoms with Crippen LogP contribution >= 0.6 is 0 Å². The summed E-state index contributed by atoms with van der Waals surface area (Å²) in [5, 5.41) is 5.09. The van der Waals surface area contributed by atoms with Gasteiger partial charge in [-0.2, -0.15) is 0 Å². The Labute approximate surface area is 104 Å². The number of ether oxygens (including phenoxy) is 1. The minimum absolute atomic E-state index is 0.125. The molecule has 0 aliphatic heterocycles. The Balaban J connectivity index is 2.60. The summed E-state index contributed by atoms with van der Waals surface area (Å²) in [6.07, 6.45) is 0. The molecule has 0 radical (unpaired) electrons. The molecule has 0 heterocycles. The number of methoxy groups -OCH3 is 1. The van der Waals surface area contributed by atoms with Gasteiger partial charge in [-0.1, -0.05) is 0 Å². The van der Waals surface area contributed by atoms with Crippen LogP contribution in [0, 0.1) is 5.82 Å². The van der Waals surface area contributed by atoms with Crippen LogP contribution in [0.4, 0.5) is 4.39 Å². The minimum atomic E-state index is -0.511. The highest BCUT2D eigenvalue weighted by atomic mass is 19.1. The van der Waals surface area contributed by atoms with E-state index in [1.54, 1.807) is 0 Å². The van der Waals surface area contributed by atoms with Gasteiger partial charge >= 0.3 is 0 Å². The van der Waals surface area contributed by atoms with Gasteiger partial charge in [0.1, 0.15) is 11.6 Å². The lowest BCUT2D eigenvalue weighted by Crippen LogP contribution is -2.33. The van der Waals surface area contributed by atoms with Gasteiger partial charge in [0.15, 0.2) is 0 Å². The molecule has 0 spiro atoms. The van der Waals surface area contributed by atoms with E-state index in [-0.39, 0.29) is 18.0 Å². The maximum absolute atomic E-state index is 13.0. The van der Waals surface area contributed by atoms with Crippen molar-refractivity contribution in [1.29, 1.82) is 0 Å². The predicted octanol–water partition coefficient (Wildman–Crippen LogP) is 0.700. The Morgan fingerprint density at radius 2 is 1.94 bits per heavy atom. The van der Waals surface area contributed by atoms with Crippen LogP contribution in [0.25, 0.3) is 0 Å². The van der Waals surface area contributed by atoms with E-state index >= 15 is 0 Å². The zero-order chi connectivity index (χ0) is 13.5. The number of hydrogen-bond acceptors (Lipinski definition) is 3. The number of hydrogen-bond donors (Lipinski definition) is 2. The van der Waals surface area contributed by atoms with Gasteiger partial charge in [0, 0.05) is 20.0 Å². The van der Waals surface area contributed by atoms with Crippen molar-refractivity contribution in [3.05, 3.63) is 29.6 Å². The van der Waals surface area contributed by atoms with E-state index in [4.69, 9.17) is 4.74 Å². The second-order valence-electron chi connectivity index (χ2n) is 3.58. The van der Waals surface area contributed by atoms with Crippen molar-refractivity contribution in [3.8, 4) is 5.75 Å². The molecule has 0 aliphatic carbocycles. The Morgan fingerprint density at radius 3 is 2.56 bits per heavy atom. The molecule has 18 heavy (non-hydrogen) atoms. The van der Waals surface area contributed by atoms with Crippen molar-refractivity contribution in [3.63, 3.8) is 0 Å². The maximum atomic E-state index is 13.0. The molecule has 0 bridgehead atoms. The summed E-state index contributed by atoms with van der Waals surface area (Å²) in [5.41, 5.74) is 0.125. The first-order valence-corrected chi connectivity index (χ1v) is 5.40. The number of carbonyl (C=O) groups is 2. The lowest BCUT2D eigenvalue weighted by molar-refractivity contribution is -0.118. The molecule has 0 atom stereocenters. The van der Waals surface area contributed by atoms with Gasteiger partial charge in [0.25, 0.3) is 5.91 Å². The minimum Gasteiger partial charge on any atom is -0.496 e. The Kier molecular flexibility index (Phi) is 5.10. The first kappa shape index (κ1) is 14.0. The molecule has 5 nitrogen and oxygen atoms in total. The second kappa shape index (κ2) is 6.58. The largest absolute Gasteiger partial charge is 0.496 e. The zero-order valence-electron chi connectivity index (χ0n) is 10.2. The molecular weight excluding hydrogens is 239 g/mol. The summed E-state index contributed by atoms with van der Waals surface area (Å²) in [6.45, 7) is 1.97. The second-order valence-corrected chi connectivity index (χ2v) is 3.58. The highest BCUT2D eigenvalue weighted by molar-refractivity contribution is 5.96. The molecule has 0 saturated heterocycles. The van der Waals surface area contributed by atoms with Crippen molar-refractivity contribution in [2.45, 2.75) is 6.92 Å². The Bertz CT molecular complexity index is 449. The van der Waals surface area contributed by atoms with Gasteiger partial charge in [0.2, 0.25) is 5.91 Å². The van der Waals surface area contributed by atoms with E-state index in [9.17, 15) is 14.0 Å². The first-order chi connectivity index (χ1) is 8.54. The van der Waals surface area contributed by atoms with Gasteiger partial charge < -0.3 is 15.4 Å². The van der Waals surface area contributed by atoms with Crippen LogP contribution in [-0.4, -0.2) is 32.0 Å². The monoisotopic (exact) mass is 254 g/mol. The molecule has 0 unspecified atom stereocenters. The molecule has 0 fully saturated rings. The zero-order valence-corrected chi connectivity index (χ0v) is 10.2. The van der Waals surface area contributed by atoms with Crippen LogP contribution in [-0.2, 0) is 4.79 Å². The number of benzene rings is 1. The summed E-state index contributed by atoms with van der Waals surface area (Å²) in [4.78, 5) is 22.4. The topological polar surface area (TPSA) is 67.4 Å². The van der Waals surface area contributed by atoms with Crippen LogP contribution in [0.1, 0.15) is 17.3 Å². The van der Waals surface area contributed by atoms with Crippen LogP contribution in [0.5, 0.6) is 5.75 Å². The Hall–Kier alpha value is -2.11. The van der Waals surface area contributed by atoms with E-state index in [1.165, 1.54) is 26.2 Å². The van der Waals surface area contributed by atoms with Crippen LogP contribution in [0.15, 0.2) is 18.2 Å². The van der Waals surface area contributed by atoms with E-state index < -0.39 is 11.7 Å². The van der Waals surface area contributed by atoms with E-state index in [1.807, 2.05) is 0 Å². The smallest absolute Gasteiger partial charge is 0.255 e. The van der Waals surface area contributed by atoms with E-state index in [0.29, 0.717) is 12.3 Å². The normalized spacial score (nSPS) is 9.72. The maximum Gasteiger partial charge on any atom is 0.255 e. The molecule has 2 N–H and O–H groups in total. The summed E-state index contributed by atoms with van der Waals surface area (Å²) in [5.74, 6) is -0.833. The molecule has 1 aromatic rings. The molecule has 1 rings (SSSR count). The van der Waals surface area contributed by atoms with Crippen molar-refractivity contribution >= 4 is 11.8 Å². The summed E-state index contributed by atoms with van der Waals surface area (Å²) in [6, 6.07) is 3.71. The van der Waals surface area contributed by atoms with E-state index in [2.05, 4.69) is 10.6 Å². The van der Waals surface area contributed by atoms with Crippen LogP contribution < -0.4 is 15.4 Å². The van der Waals surface area contributed by atoms with Gasteiger partial charge in [-0.05, 0) is 18.2 Å². The quantitative estimate of drug-likeness (QED) is 0.760. The van der Waals surface area contributed by atoms with Crippen LogP contribution in [0.3, 0.4) is 0 Å². The van der Waals surface area contributed by atoms with Gasteiger partial charge in [0.05, 0.1) is 12.7 Å². The lowest BCUT2D eigenvalue weighted by atomic mass is 10.2. The highest BCUT2D eigenvalue weighted by Gasteiger charge is 2.12. The van der Waals surface area contributed by atoms with Gasteiger partial charge in [-0.15, -0.1) is 0 Å². The summed E-state index contributed by atoms with van der Waals surface area (Å²) in [7, 11) is 1.40. The summed E-state index contributed by atoms with van der Waals surface area (Å²) >= 11 is 0. The van der Waals surface area contributed by atoms with Crippen molar-refractivity contribution in [1.82, 2.24) is 10.6 Å². The van der Waals surface area contributed by atoms with Crippen molar-refractivity contribution in [2.24, 2.45) is 0 Å². The average molecular weight is 254 g/mol. The van der Waals surface area contributed by atoms with Crippen LogP contribution in [0.2, 0.25) is 0 Å². The Morgan fingerprint density at radius 1 is 1.28 bits per heavy atom. The molecule has 0 aliphatic rings. The number of halogens is 1. The number of carbonyl (C=O) groups excluding carboxylic acids is 2. The predicted molar refractivity (Wildman–Crippen MR) is 64.0 cm³/mol. The van der Waals surface area contributed by atoms with Crippen molar-refractivity contribution < 1.29 is 18.7 Å². The molecule has 2 amide bonds. The lowest BCUT2D eigenvalue weighted by Gasteiger charge is -2.09. The fourth-order valence-corrected chi connectivity index (χ4v) is 1.37. The average Bonchev–Trinajstić information content (AvgIpc) is 2.34.